The molecule has 36 heteroatoms. The molecule has 0 saturated carbocycles. The van der Waals surface area contributed by atoms with Gasteiger partial charge in [-0.3, -0.25) is 43.9 Å². The Morgan fingerprint density at radius 3 is 1.57 bits per heavy atom. The molecule has 4 amide bonds. The number of halogens is 12. The van der Waals surface area contributed by atoms with Crippen molar-refractivity contribution in [1.82, 2.24) is 46.0 Å². The van der Waals surface area contributed by atoms with Gasteiger partial charge in [-0.15, -0.1) is 5.10 Å². The minimum Gasteiger partial charge on any atom is -0.494 e. The number of nitrogens with zero attached hydrogens (tertiary/aromatic N) is 6. The summed E-state index contributed by atoms with van der Waals surface area (Å²) >= 11 is 17.4. The molecule has 24 nitrogen and oxygen atoms in total. The maximum Gasteiger partial charge on any atom is 0.433 e. The van der Waals surface area contributed by atoms with Crippen molar-refractivity contribution in [2.45, 2.75) is 178 Å². The number of carbonyl (C=O) groups excluding carboxylic acids is 6. The second-order valence-electron chi connectivity index (χ2n) is 37.6. The summed E-state index contributed by atoms with van der Waals surface area (Å²) in [6, 6.07) is 65.7. The summed E-state index contributed by atoms with van der Waals surface area (Å²) in [4.78, 5) is 86.9. The van der Waals surface area contributed by atoms with E-state index in [1.54, 1.807) is 97.6 Å². The van der Waals surface area contributed by atoms with Crippen LogP contribution in [0.15, 0.2) is 243 Å². The third-order valence-corrected chi connectivity index (χ3v) is 27.0. The number of aromatic nitrogens is 5. The largest absolute Gasteiger partial charge is 0.494 e. The second kappa shape index (κ2) is 50.2. The molecule has 4 aromatic heterocycles. The lowest BCUT2D eigenvalue weighted by atomic mass is 9.85. The van der Waals surface area contributed by atoms with Crippen LogP contribution >= 0.6 is 34.8 Å². The van der Waals surface area contributed by atoms with Crippen LogP contribution in [-0.4, -0.2) is 156 Å². The standard InChI is InChI=1S/C21H24F3N3O3.C20H21F3N2O2.C19H18ClNO2.C18H17F3N2O.C17H17ClN2O.C16H17ClN4O/c1-12(2)27-17(9-19(26-27)29-11-21(22,23)24)18(28)7-13-3-5-14(6-4-13)20-16-8-15(30-20)10-25-16;1-2-27-16-7-5-6-15(13-16)24-19(26)14-8-9-18(25-10-3-4-11-25)17(12-14)20(21,22)23;20-15-7-5-13(6-8-15)18(22)9-12-1-3-14(4-2-12)19-17-10-16(23-19)11-21-17;1-11-2-3-13-9-15(5-4-12(13)8-11)23-17(24)14-6-7-22-16(10-14)18(19,20)21;18-15-5-6-16(20-11-15)17(21)9-12-1-3-13(4-2-12)14-7-8-19-10-14;17-13-3-6-15(19-10-13)21-16(22)20-14-4-1-11(2-5-14)12-7-8-18-9-12/h3-6,9,12,15-16,20,25H,7-8,10-11H2,1-2H3;5-9,12-13H,2-4,10-11H2,1H3,(H,24,26);1-8,16-17,19,21H,9-11H2;4-7,9-11H,2-3,8H2,1H3,(H,23,24);1-6,11,14,19H,7-10H2;1-6,10,12,18H,7-9H2,(H2,19,20,21,22)/t15-,16-,20?;;16-,17-,19?;;;/m0.0.../s1. The van der Waals surface area contributed by atoms with Crippen molar-refractivity contribution in [1.29, 1.82) is 0 Å². The van der Waals surface area contributed by atoms with Gasteiger partial charge in [-0.05, 0) is 275 Å². The third-order valence-electron chi connectivity index (χ3n) is 26.3. The topological polar surface area (TPSA) is 295 Å². The van der Waals surface area contributed by atoms with Gasteiger partial charge in [0, 0.05) is 152 Å². The van der Waals surface area contributed by atoms with Crippen molar-refractivity contribution in [3.8, 4) is 11.6 Å². The van der Waals surface area contributed by atoms with E-state index in [0.717, 1.165) is 137 Å². The van der Waals surface area contributed by atoms with E-state index < -0.39 is 48.2 Å². The van der Waals surface area contributed by atoms with Crippen LogP contribution in [0.25, 0.3) is 0 Å². The first-order valence-corrected chi connectivity index (χ1v) is 50.1. The van der Waals surface area contributed by atoms with Gasteiger partial charge >= 0.3 is 24.6 Å². The van der Waals surface area contributed by atoms with Crippen LogP contribution in [0.4, 0.5) is 72.9 Å². The van der Waals surface area contributed by atoms with Crippen molar-refractivity contribution in [2.75, 3.05) is 91.7 Å². The maximum atomic E-state index is 13.5. The van der Waals surface area contributed by atoms with Crippen LogP contribution in [-0.2, 0) is 53.9 Å². The fourth-order valence-corrected chi connectivity index (χ4v) is 19.0. The van der Waals surface area contributed by atoms with E-state index in [-0.39, 0.29) is 82.5 Å². The molecule has 772 valence electrons. The smallest absolute Gasteiger partial charge is 0.433 e. The number of aryl methyl sites for hydroxylation is 1. The van der Waals surface area contributed by atoms with E-state index in [1.807, 2.05) is 79.7 Å². The number of rotatable bonds is 25. The quantitative estimate of drug-likeness (QED) is 0.0195. The lowest BCUT2D eigenvalue weighted by molar-refractivity contribution is -0.154. The number of pyridine rings is 3. The van der Waals surface area contributed by atoms with Crippen LogP contribution < -0.4 is 56.9 Å². The van der Waals surface area contributed by atoms with Gasteiger partial charge in [0.1, 0.15) is 28.6 Å². The van der Waals surface area contributed by atoms with Crippen LogP contribution in [0.1, 0.15) is 216 Å². The van der Waals surface area contributed by atoms with Crippen molar-refractivity contribution >= 4 is 98.6 Å². The Morgan fingerprint density at radius 1 is 0.503 bits per heavy atom. The normalized spacial score (nSPS) is 19.4. The van der Waals surface area contributed by atoms with Crippen LogP contribution in [0, 0.1) is 5.92 Å². The molecule has 9 atom stereocenters. The molecule has 0 radical (unpaired) electrons. The monoisotopic (exact) mass is 2080 g/mol. The molecule has 8 aliphatic rings. The second-order valence-corrected chi connectivity index (χ2v) is 38.9. The molecule has 147 heavy (non-hydrogen) atoms. The van der Waals surface area contributed by atoms with Crippen molar-refractivity contribution in [3.63, 3.8) is 0 Å². The van der Waals surface area contributed by atoms with Gasteiger partial charge in [-0.25, -0.2) is 9.78 Å². The number of nitrogens with one attached hydrogen (secondary N) is 8. The van der Waals surface area contributed by atoms with E-state index in [2.05, 4.69) is 106 Å². The predicted molar refractivity (Wildman–Crippen MR) is 548 cm³/mol. The minimum atomic E-state index is -4.57. The molecule has 8 N–H and O–H groups in total. The number of Topliss-reactive ketones (excluding diaryl/α,β-unsaturated/α-hetero) is 3. The van der Waals surface area contributed by atoms with Gasteiger partial charge in [-0.2, -0.15) is 39.5 Å². The van der Waals surface area contributed by atoms with Crippen molar-refractivity contribution in [3.05, 3.63) is 348 Å². The number of carbonyl (C=O) groups is 6. The van der Waals surface area contributed by atoms with Gasteiger partial charge in [0.05, 0.1) is 46.6 Å². The lowest BCUT2D eigenvalue weighted by Crippen LogP contribution is -2.33. The first-order valence-electron chi connectivity index (χ1n) is 49.0. The zero-order valence-corrected chi connectivity index (χ0v) is 83.5. The highest BCUT2D eigenvalue weighted by molar-refractivity contribution is 6.31. The highest BCUT2D eigenvalue weighted by Gasteiger charge is 2.44. The maximum absolute atomic E-state index is 13.5. The van der Waals surface area contributed by atoms with Crippen LogP contribution in [0.2, 0.25) is 15.1 Å². The molecule has 7 aliphatic heterocycles. The Hall–Kier alpha value is -13.0. The Kier molecular flexibility index (Phi) is 36.9. The average Bonchev–Trinajstić information content (AvgIpc) is 1.73. The van der Waals surface area contributed by atoms with Gasteiger partial charge in [0.25, 0.3) is 11.8 Å². The predicted octanol–water partition coefficient (Wildman–Crippen LogP) is 23.3. The Morgan fingerprint density at radius 2 is 1.05 bits per heavy atom. The fourth-order valence-electron chi connectivity index (χ4n) is 18.7. The number of hydrogen-bond acceptors (Lipinski definition) is 19. The Labute approximate surface area is 861 Å². The third kappa shape index (κ3) is 30.9. The summed E-state index contributed by atoms with van der Waals surface area (Å²) < 4.78 is 139. The molecule has 1 aliphatic carbocycles. The molecular formula is C111H114Cl3F9N14O10. The first-order chi connectivity index (χ1) is 70.5. The number of morpholine rings is 2. The Balaban J connectivity index is 0.000000133. The van der Waals surface area contributed by atoms with E-state index in [1.165, 1.54) is 75.6 Å². The number of fused-ring (bicyclic) bond motifs is 5. The molecule has 8 aromatic carbocycles. The summed E-state index contributed by atoms with van der Waals surface area (Å²) in [6.45, 7) is 14.0. The summed E-state index contributed by atoms with van der Waals surface area (Å²) in [5.41, 5.74) is 11.6. The number of hydrogen-bond donors (Lipinski definition) is 8. The number of ketones is 3. The lowest BCUT2D eigenvalue weighted by Gasteiger charge is -2.23. The number of benzene rings is 8. The van der Waals surface area contributed by atoms with E-state index in [0.29, 0.717) is 118 Å². The highest BCUT2D eigenvalue weighted by Crippen LogP contribution is 2.42. The molecule has 12 aromatic rings. The number of anilines is 5. The molecule has 0 spiro atoms. The number of ether oxygens (including phenoxy) is 4. The van der Waals surface area contributed by atoms with E-state index in [9.17, 15) is 68.3 Å². The molecule has 4 bridgehead atoms. The number of urea groups is 1. The molecule has 5 unspecified atom stereocenters. The zero-order chi connectivity index (χ0) is 104. The van der Waals surface area contributed by atoms with Gasteiger partial charge < -0.3 is 61.1 Å². The SMILES string of the molecule is CC(C)n1nc(OCC(F)(F)F)cc1C(=O)Cc1ccc(C2O[C@@H]3CN[C@H]2C3)cc1.CC1CCc2cc(NC(=O)c3ccnc(C(F)(F)F)c3)ccc2C1.CCOc1cccc(NC(=O)c2ccc(N3CCCC3)c(C(F)(F)F)c2)c1.O=C(Cc1ccc(C2CCNC2)cc1)c1ccc(Cl)cn1.O=C(Cc1ccc(C2O[C@@H]3CN[C@H]2C3)cc1)c1ccc(Cl)cc1.O=C(Nc1ccc(C2CCNC2)cc1)Nc1ccc(Cl)cn1. The molecule has 20 rings (SSSR count). The minimum absolute atomic E-state index is 0.0157. The molecule has 7 fully saturated rings. The molecule has 11 heterocycles. The summed E-state index contributed by atoms with van der Waals surface area (Å²) in [5, 5.41) is 30.1. The van der Waals surface area contributed by atoms with Crippen LogP contribution in [0.3, 0.4) is 0 Å². The van der Waals surface area contributed by atoms with Gasteiger partial charge in [0.15, 0.2) is 24.0 Å². The van der Waals surface area contributed by atoms with Crippen LogP contribution in [0.5, 0.6) is 11.6 Å². The highest BCUT2D eigenvalue weighted by atomic mass is 35.5. The summed E-state index contributed by atoms with van der Waals surface area (Å²) in [5.74, 6) is 1.36. The van der Waals surface area contributed by atoms with Crippen molar-refractivity contribution in [2.24, 2.45) is 5.92 Å². The molecule has 7 saturated heterocycles. The summed E-state index contributed by atoms with van der Waals surface area (Å²) in [6.07, 6.45) is 1.40. The van der Waals surface area contributed by atoms with E-state index in [4.69, 9.17) is 53.8 Å². The Bertz CT molecular complexity index is 6480. The summed E-state index contributed by atoms with van der Waals surface area (Å²) in [7, 11) is 0. The van der Waals surface area contributed by atoms with E-state index >= 15 is 0 Å². The zero-order valence-electron chi connectivity index (χ0n) is 81.2. The molecular weight excluding hydrogens is 1970 g/mol. The van der Waals surface area contributed by atoms with Crippen molar-refractivity contribution < 1.29 is 87.2 Å². The first kappa shape index (κ1) is 108. The average molecular weight is 2080 g/mol. The number of alkyl halides is 9. The number of amides is 4. The van der Waals surface area contributed by atoms with Gasteiger partial charge in [0.2, 0.25) is 5.88 Å². The van der Waals surface area contributed by atoms with Gasteiger partial charge in [-0.1, -0.05) is 139 Å². The fraction of sp³-hybridized carbons (Fsp3) is 0.351.